The molecule has 17 heavy (non-hydrogen) atoms. The summed E-state index contributed by atoms with van der Waals surface area (Å²) in [6.07, 6.45) is -1.27. The Kier molecular flexibility index (Phi) is 3.45. The second-order valence-corrected chi connectivity index (χ2v) is 5.14. The molecule has 5 nitrogen and oxygen atoms in total. The first-order valence-electron chi connectivity index (χ1n) is 6.04. The molecule has 0 spiro atoms. The van der Waals surface area contributed by atoms with Crippen LogP contribution in [0.25, 0.3) is 0 Å². The topological polar surface area (TPSA) is 54.0 Å². The van der Waals surface area contributed by atoms with Crippen LogP contribution >= 0.6 is 11.9 Å². The van der Waals surface area contributed by atoms with Gasteiger partial charge in [-0.15, -0.1) is 0 Å². The van der Waals surface area contributed by atoms with E-state index in [-0.39, 0.29) is 24.4 Å². The third-order valence-electron chi connectivity index (χ3n) is 2.95. The van der Waals surface area contributed by atoms with Crippen LogP contribution in [0.15, 0.2) is 0 Å². The van der Waals surface area contributed by atoms with Crippen molar-refractivity contribution < 1.29 is 23.2 Å². The molecule has 95 valence electrons. The number of ether oxygens (including phenoxy) is 3. The highest BCUT2D eigenvalue weighted by Crippen LogP contribution is 2.40. The van der Waals surface area contributed by atoms with E-state index in [9.17, 15) is 4.79 Å². The minimum absolute atomic E-state index is 0.0714. The van der Waals surface area contributed by atoms with Crippen LogP contribution in [0.5, 0.6) is 0 Å². The minimum Gasteiger partial charge on any atom is -0.341 e. The van der Waals surface area contributed by atoms with Crippen molar-refractivity contribution in [1.29, 1.82) is 1.34 Å². The molecule has 4 atom stereocenters. The molecule has 1 radical (unpaired) electrons. The predicted octanol–water partition coefficient (Wildman–Crippen LogP) is 0.549. The standard InChI is InChI=1S/C10H16BO5S/c1-5-7(6(12)4-13-17-11)14-9-8(5)15-10(2,3)16-9/h5,7-9,11H,4H2,1-3H3/t5-,7-,8?,9-/m0/s1/i11T. The van der Waals surface area contributed by atoms with Gasteiger partial charge in [0.15, 0.2) is 17.9 Å². The van der Waals surface area contributed by atoms with Crippen molar-refractivity contribution in [2.75, 3.05) is 6.61 Å². The smallest absolute Gasteiger partial charge is 0.209 e. The molecule has 7 heteroatoms. The van der Waals surface area contributed by atoms with Crippen LogP contribution in [0.1, 0.15) is 20.8 Å². The zero-order valence-corrected chi connectivity index (χ0v) is 10.9. The summed E-state index contributed by atoms with van der Waals surface area (Å²) in [5.41, 5.74) is 0. The van der Waals surface area contributed by atoms with Crippen molar-refractivity contribution in [3.8, 4) is 0 Å². The van der Waals surface area contributed by atoms with Crippen LogP contribution < -0.4 is 0 Å². The first kappa shape index (κ1) is 12.0. The Labute approximate surface area is 107 Å². The summed E-state index contributed by atoms with van der Waals surface area (Å²) in [5.74, 6) is -0.890. The van der Waals surface area contributed by atoms with Gasteiger partial charge >= 0.3 is 0 Å². The van der Waals surface area contributed by atoms with E-state index in [0.29, 0.717) is 0 Å². The van der Waals surface area contributed by atoms with Crippen LogP contribution in [0.2, 0.25) is 0 Å². The molecule has 0 bridgehead atoms. The molecule has 0 aliphatic carbocycles. The molecule has 2 aliphatic heterocycles. The lowest BCUT2D eigenvalue weighted by atomic mass is 9.98. The van der Waals surface area contributed by atoms with Crippen LogP contribution in [-0.2, 0) is 23.2 Å². The van der Waals surface area contributed by atoms with Gasteiger partial charge < -0.3 is 18.4 Å². The first-order valence-corrected chi connectivity index (χ1v) is 6.27. The predicted molar refractivity (Wildman–Crippen MR) is 63.6 cm³/mol. The Bertz CT molecular complexity index is 329. The fraction of sp³-hybridized carbons (Fsp3) is 0.900. The molecular formula is C10H16BO5S. The third-order valence-corrected chi connectivity index (χ3v) is 3.21. The summed E-state index contributed by atoms with van der Waals surface area (Å²) in [4.78, 5) is 11.9. The summed E-state index contributed by atoms with van der Waals surface area (Å²) >= 11 is 0.820. The molecule has 1 unspecified atom stereocenters. The maximum atomic E-state index is 11.9. The molecule has 0 saturated carbocycles. The number of hydrogen-bond acceptors (Lipinski definition) is 6. The van der Waals surface area contributed by atoms with Crippen molar-refractivity contribution in [3.63, 3.8) is 0 Å². The number of Topliss-reactive ketones (excluding diaryl/α,β-unsaturated/α-hetero) is 1. The highest BCUT2D eigenvalue weighted by atomic mass is 32.2. The Morgan fingerprint density at radius 3 is 3.00 bits per heavy atom. The minimum atomic E-state index is -0.663. The summed E-state index contributed by atoms with van der Waals surface area (Å²) < 4.78 is 28.6. The molecule has 0 amide bonds. The average Bonchev–Trinajstić information content (AvgIpc) is 2.74. The number of carbonyl (C=O) groups is 1. The lowest BCUT2D eigenvalue weighted by Gasteiger charge is -2.22. The lowest BCUT2D eigenvalue weighted by molar-refractivity contribution is -0.209. The Morgan fingerprint density at radius 2 is 2.35 bits per heavy atom. The van der Waals surface area contributed by atoms with Gasteiger partial charge in [-0.2, -0.15) is 0 Å². The van der Waals surface area contributed by atoms with Crippen molar-refractivity contribution in [2.45, 2.75) is 45.1 Å². The van der Waals surface area contributed by atoms with Crippen LogP contribution in [0, 0.1) is 5.92 Å². The molecule has 2 heterocycles. The Hall–Kier alpha value is -0.0751. The van der Waals surface area contributed by atoms with E-state index in [0.717, 1.165) is 19.0 Å². The van der Waals surface area contributed by atoms with E-state index in [1.165, 1.54) is 0 Å². The summed E-state index contributed by atoms with van der Waals surface area (Å²) in [5, 5.41) is 0. The average molecular weight is 261 g/mol. The first-order chi connectivity index (χ1) is 8.44. The highest BCUT2D eigenvalue weighted by molar-refractivity contribution is 8.15. The van der Waals surface area contributed by atoms with Gasteiger partial charge in [-0.05, 0) is 15.2 Å². The van der Waals surface area contributed by atoms with Crippen LogP contribution in [-0.4, -0.2) is 45.1 Å². The SMILES string of the molecule is [3H][B]SOCC(=O)[C@H]1O[C@H]2OC(C)(C)OC2[C@H]1C. The van der Waals surface area contributed by atoms with Gasteiger partial charge in [-0.25, -0.2) is 0 Å². The molecule has 0 aromatic carbocycles. The highest BCUT2D eigenvalue weighted by Gasteiger charge is 2.54. The summed E-state index contributed by atoms with van der Waals surface area (Å²) in [7, 11) is 1.02. The molecule has 0 aromatic heterocycles. The van der Waals surface area contributed by atoms with Crippen LogP contribution in [0.4, 0.5) is 0 Å². The molecule has 0 N–H and O–H groups in total. The molecule has 2 fully saturated rings. The summed E-state index contributed by atoms with van der Waals surface area (Å²) in [6, 6.07) is 0. The number of hydrogen-bond donors (Lipinski definition) is 0. The quantitative estimate of drug-likeness (QED) is 0.409. The normalized spacial score (nSPS) is 39.8. The van der Waals surface area contributed by atoms with Gasteiger partial charge in [0.05, 0.1) is 0 Å². The van der Waals surface area contributed by atoms with E-state index in [2.05, 4.69) is 0 Å². The Balaban J connectivity index is 1.89. The van der Waals surface area contributed by atoms with Gasteiger partial charge in [-0.1, -0.05) is 18.8 Å². The number of ketones is 1. The van der Waals surface area contributed by atoms with Gasteiger partial charge in [0.1, 0.15) is 18.8 Å². The van der Waals surface area contributed by atoms with E-state index in [1.807, 2.05) is 20.8 Å². The van der Waals surface area contributed by atoms with Gasteiger partial charge in [0.25, 0.3) is 0 Å². The number of fused-ring (bicyclic) bond motifs is 1. The van der Waals surface area contributed by atoms with E-state index in [4.69, 9.17) is 19.7 Å². The summed E-state index contributed by atoms with van der Waals surface area (Å²) in [6.45, 7) is 5.46. The van der Waals surface area contributed by atoms with Gasteiger partial charge in [0, 0.05) is 5.92 Å². The molecule has 0 aromatic rings. The van der Waals surface area contributed by atoms with Crippen molar-refractivity contribution >= 4 is 24.8 Å². The molecule has 2 rings (SSSR count). The van der Waals surface area contributed by atoms with Crippen molar-refractivity contribution in [3.05, 3.63) is 0 Å². The van der Waals surface area contributed by atoms with Gasteiger partial charge in [0.2, 0.25) is 7.09 Å². The fourth-order valence-electron chi connectivity index (χ4n) is 2.20. The van der Waals surface area contributed by atoms with Crippen molar-refractivity contribution in [2.24, 2.45) is 5.92 Å². The van der Waals surface area contributed by atoms with E-state index < -0.39 is 18.2 Å². The second-order valence-electron chi connectivity index (χ2n) is 4.71. The maximum Gasteiger partial charge on any atom is 0.209 e. The van der Waals surface area contributed by atoms with Gasteiger partial charge in [-0.3, -0.25) is 4.79 Å². The van der Waals surface area contributed by atoms with Crippen molar-refractivity contribution in [1.82, 2.24) is 0 Å². The zero-order chi connectivity index (χ0) is 13.3. The van der Waals surface area contributed by atoms with E-state index >= 15 is 0 Å². The van der Waals surface area contributed by atoms with Crippen LogP contribution in [0.3, 0.4) is 0 Å². The molecule has 2 saturated heterocycles. The number of carbonyl (C=O) groups excluding carboxylic acids is 1. The monoisotopic (exact) mass is 261 g/mol. The third kappa shape index (κ3) is 2.68. The number of rotatable bonds is 5. The zero-order valence-electron chi connectivity index (χ0n) is 11.0. The second kappa shape index (κ2) is 4.89. The lowest BCUT2D eigenvalue weighted by Crippen LogP contribution is -2.34. The molecular weight excluding hydrogens is 243 g/mol. The Morgan fingerprint density at radius 1 is 1.59 bits per heavy atom. The maximum absolute atomic E-state index is 11.9. The largest absolute Gasteiger partial charge is 0.341 e. The van der Waals surface area contributed by atoms with E-state index in [1.54, 1.807) is 0 Å². The molecule has 2 aliphatic rings. The fourth-order valence-corrected chi connectivity index (χ4v) is 2.39.